The van der Waals surface area contributed by atoms with Crippen molar-refractivity contribution in [2.75, 3.05) is 12.3 Å². The Bertz CT molecular complexity index is 822. The lowest BCUT2D eigenvalue weighted by molar-refractivity contribution is -0.144. The molecule has 32 heavy (non-hydrogen) atoms. The van der Waals surface area contributed by atoms with Crippen molar-refractivity contribution in [3.05, 3.63) is 35.9 Å². The molecule has 0 bridgehead atoms. The Morgan fingerprint density at radius 2 is 1.84 bits per heavy atom. The van der Waals surface area contributed by atoms with Crippen LogP contribution < -0.4 is 16.4 Å². The lowest BCUT2D eigenvalue weighted by atomic mass is 10.1. The molecule has 176 valence electrons. The van der Waals surface area contributed by atoms with Gasteiger partial charge in [0.1, 0.15) is 24.2 Å². The van der Waals surface area contributed by atoms with Gasteiger partial charge in [0.15, 0.2) is 0 Å². The molecule has 0 spiro atoms. The first-order valence-electron chi connectivity index (χ1n) is 10.4. The number of hydrogen-bond donors (Lipinski definition) is 6. The summed E-state index contributed by atoms with van der Waals surface area (Å²) in [7, 11) is 0. The number of amides is 3. The van der Waals surface area contributed by atoms with Crippen LogP contribution in [-0.2, 0) is 25.6 Å². The van der Waals surface area contributed by atoms with Crippen molar-refractivity contribution < 1.29 is 29.4 Å². The van der Waals surface area contributed by atoms with Gasteiger partial charge in [-0.1, -0.05) is 30.3 Å². The van der Waals surface area contributed by atoms with Crippen LogP contribution in [0.15, 0.2) is 30.3 Å². The fourth-order valence-electron chi connectivity index (χ4n) is 3.49. The number of nitrogens with one attached hydrogen (secondary N) is 2. The Morgan fingerprint density at radius 1 is 1.19 bits per heavy atom. The highest BCUT2D eigenvalue weighted by Crippen LogP contribution is 2.19. The van der Waals surface area contributed by atoms with Crippen LogP contribution >= 0.6 is 12.6 Å². The molecule has 0 aromatic heterocycles. The van der Waals surface area contributed by atoms with Gasteiger partial charge in [-0.25, -0.2) is 4.79 Å². The minimum absolute atomic E-state index is 0.0340. The summed E-state index contributed by atoms with van der Waals surface area (Å²) >= 11 is 4.12. The third kappa shape index (κ3) is 6.68. The highest BCUT2D eigenvalue weighted by Gasteiger charge is 2.39. The van der Waals surface area contributed by atoms with E-state index in [2.05, 4.69) is 23.3 Å². The second-order valence-electron chi connectivity index (χ2n) is 7.79. The van der Waals surface area contributed by atoms with E-state index < -0.39 is 54.0 Å². The number of aliphatic hydroxyl groups is 1. The molecular weight excluding hydrogens is 436 g/mol. The SMILES string of the molecule is CC(O)C(N)C(=O)NC(CS)C(=O)N1CCCC1C(=O)NC(Cc1ccccc1)C(=O)O. The van der Waals surface area contributed by atoms with Crippen molar-refractivity contribution >= 4 is 36.3 Å². The van der Waals surface area contributed by atoms with Gasteiger partial charge in [-0.3, -0.25) is 14.4 Å². The first-order chi connectivity index (χ1) is 15.1. The predicted molar refractivity (Wildman–Crippen MR) is 120 cm³/mol. The number of rotatable bonds is 10. The normalized spacial score (nSPS) is 19.5. The highest BCUT2D eigenvalue weighted by atomic mass is 32.1. The van der Waals surface area contributed by atoms with E-state index >= 15 is 0 Å². The number of benzene rings is 1. The summed E-state index contributed by atoms with van der Waals surface area (Å²) in [6.07, 6.45) is -0.0700. The number of aliphatic hydroxyl groups excluding tert-OH is 1. The fraction of sp³-hybridized carbons (Fsp3) is 0.524. The Labute approximate surface area is 191 Å². The second-order valence-corrected chi connectivity index (χ2v) is 8.15. The Balaban J connectivity index is 2.06. The summed E-state index contributed by atoms with van der Waals surface area (Å²) in [5.41, 5.74) is 6.36. The van der Waals surface area contributed by atoms with Crippen molar-refractivity contribution in [2.45, 2.75) is 56.5 Å². The van der Waals surface area contributed by atoms with E-state index in [-0.39, 0.29) is 18.7 Å². The van der Waals surface area contributed by atoms with Gasteiger partial charge in [0.25, 0.3) is 0 Å². The third-order valence-corrected chi connectivity index (χ3v) is 5.72. The molecule has 1 fully saturated rings. The number of carboxylic acid groups (broad SMARTS) is 1. The van der Waals surface area contributed by atoms with E-state index in [1.807, 2.05) is 6.07 Å². The van der Waals surface area contributed by atoms with Crippen LogP contribution in [0.3, 0.4) is 0 Å². The van der Waals surface area contributed by atoms with Gasteiger partial charge >= 0.3 is 5.97 Å². The molecule has 1 aliphatic heterocycles. The minimum atomic E-state index is -1.21. The first-order valence-corrected chi connectivity index (χ1v) is 11.0. The minimum Gasteiger partial charge on any atom is -0.480 e. The summed E-state index contributed by atoms with van der Waals surface area (Å²) in [6.45, 7) is 1.65. The van der Waals surface area contributed by atoms with Crippen LogP contribution in [-0.4, -0.2) is 81.4 Å². The largest absolute Gasteiger partial charge is 0.480 e. The maximum atomic E-state index is 13.0. The lowest BCUT2D eigenvalue weighted by Crippen LogP contribution is -2.58. The molecule has 1 saturated heterocycles. The molecule has 0 saturated carbocycles. The lowest BCUT2D eigenvalue weighted by Gasteiger charge is -2.29. The number of aliphatic carboxylic acids is 1. The van der Waals surface area contributed by atoms with E-state index in [9.17, 15) is 29.4 Å². The molecule has 1 aromatic carbocycles. The molecule has 6 N–H and O–H groups in total. The summed E-state index contributed by atoms with van der Waals surface area (Å²) < 4.78 is 0. The van der Waals surface area contributed by atoms with Gasteiger partial charge in [0.05, 0.1) is 6.10 Å². The molecule has 11 heteroatoms. The molecule has 5 atom stereocenters. The fourth-order valence-corrected chi connectivity index (χ4v) is 3.74. The zero-order valence-corrected chi connectivity index (χ0v) is 18.7. The van der Waals surface area contributed by atoms with Gasteiger partial charge in [0, 0.05) is 18.7 Å². The Hall–Kier alpha value is -2.63. The molecule has 1 aliphatic rings. The second kappa shape index (κ2) is 11.8. The zero-order valence-electron chi connectivity index (χ0n) is 17.8. The van der Waals surface area contributed by atoms with E-state index in [1.165, 1.54) is 11.8 Å². The van der Waals surface area contributed by atoms with Gasteiger partial charge in [-0.05, 0) is 25.3 Å². The van der Waals surface area contributed by atoms with Crippen molar-refractivity contribution in [3.63, 3.8) is 0 Å². The summed E-state index contributed by atoms with van der Waals surface area (Å²) in [4.78, 5) is 51.0. The molecular formula is C21H30N4O6S. The third-order valence-electron chi connectivity index (χ3n) is 5.36. The maximum absolute atomic E-state index is 13.0. The van der Waals surface area contributed by atoms with Crippen molar-refractivity contribution in [2.24, 2.45) is 5.73 Å². The molecule has 1 aromatic rings. The number of carbonyl (C=O) groups excluding carboxylic acids is 3. The smallest absolute Gasteiger partial charge is 0.326 e. The van der Waals surface area contributed by atoms with E-state index in [1.54, 1.807) is 24.3 Å². The van der Waals surface area contributed by atoms with Crippen LogP contribution in [0.5, 0.6) is 0 Å². The number of carbonyl (C=O) groups is 4. The van der Waals surface area contributed by atoms with Gasteiger partial charge in [-0.15, -0.1) is 0 Å². The summed E-state index contributed by atoms with van der Waals surface area (Å²) in [5.74, 6) is -3.00. The molecule has 3 amide bonds. The van der Waals surface area contributed by atoms with Gasteiger partial charge < -0.3 is 31.5 Å². The number of hydrogen-bond acceptors (Lipinski definition) is 7. The van der Waals surface area contributed by atoms with Crippen molar-refractivity contribution in [3.8, 4) is 0 Å². The van der Waals surface area contributed by atoms with Crippen molar-refractivity contribution in [1.82, 2.24) is 15.5 Å². The van der Waals surface area contributed by atoms with Crippen LogP contribution in [0.1, 0.15) is 25.3 Å². The highest BCUT2D eigenvalue weighted by molar-refractivity contribution is 7.80. The predicted octanol–water partition coefficient (Wildman–Crippen LogP) is -1.09. The molecule has 0 radical (unpaired) electrons. The van der Waals surface area contributed by atoms with Crippen LogP contribution in [0.4, 0.5) is 0 Å². The Morgan fingerprint density at radius 3 is 2.41 bits per heavy atom. The molecule has 10 nitrogen and oxygen atoms in total. The standard InChI is InChI=1S/C21H30N4O6S/c1-12(26)17(22)19(28)24-15(11-32)20(29)25-9-5-8-16(25)18(27)23-14(21(30)31)10-13-6-3-2-4-7-13/h2-4,6-7,12,14-17,26,32H,5,8-11,22H2,1H3,(H,23,27)(H,24,28)(H,30,31). The molecule has 0 aliphatic carbocycles. The van der Waals surface area contributed by atoms with E-state index in [0.29, 0.717) is 12.8 Å². The molecule has 5 unspecified atom stereocenters. The first kappa shape index (κ1) is 25.6. The monoisotopic (exact) mass is 466 g/mol. The van der Waals surface area contributed by atoms with Gasteiger partial charge in [0.2, 0.25) is 17.7 Å². The topological polar surface area (TPSA) is 162 Å². The van der Waals surface area contributed by atoms with Crippen LogP contribution in [0, 0.1) is 0 Å². The summed E-state index contributed by atoms with van der Waals surface area (Å²) in [5, 5.41) is 24.0. The van der Waals surface area contributed by atoms with Crippen LogP contribution in [0.2, 0.25) is 0 Å². The molecule has 1 heterocycles. The zero-order chi connectivity index (χ0) is 23.8. The number of nitrogens with zero attached hydrogens (tertiary/aromatic N) is 1. The van der Waals surface area contributed by atoms with Crippen molar-refractivity contribution in [1.29, 1.82) is 0 Å². The van der Waals surface area contributed by atoms with Gasteiger partial charge in [-0.2, -0.15) is 12.6 Å². The number of thiol groups is 1. The summed E-state index contributed by atoms with van der Waals surface area (Å²) in [6, 6.07) is 4.66. The average molecular weight is 467 g/mol. The van der Waals surface area contributed by atoms with Crippen LogP contribution in [0.25, 0.3) is 0 Å². The van der Waals surface area contributed by atoms with E-state index in [0.717, 1.165) is 5.56 Å². The quantitative estimate of drug-likeness (QED) is 0.239. The average Bonchev–Trinajstić information content (AvgIpc) is 3.26. The maximum Gasteiger partial charge on any atom is 0.326 e. The number of nitrogens with two attached hydrogens (primary N) is 1. The number of carboxylic acids is 1. The van der Waals surface area contributed by atoms with E-state index in [4.69, 9.17) is 5.73 Å². The Kier molecular flexibility index (Phi) is 9.48. The number of likely N-dealkylation sites (tertiary alicyclic amines) is 1. The molecule has 2 rings (SSSR count).